The third kappa shape index (κ3) is 3.24. The number of methoxy groups -OCH3 is 1. The number of nitrogens with zero attached hydrogens (tertiary/aromatic N) is 3. The van der Waals surface area contributed by atoms with Gasteiger partial charge in [0.1, 0.15) is 17.4 Å². The van der Waals surface area contributed by atoms with Gasteiger partial charge in [0.05, 0.1) is 18.4 Å². The number of aromatic nitrogens is 3. The minimum Gasteiger partial charge on any atom is -0.497 e. The zero-order valence-electron chi connectivity index (χ0n) is 13.9. The van der Waals surface area contributed by atoms with E-state index in [9.17, 15) is 13.6 Å². The Morgan fingerprint density at radius 3 is 2.89 bits per heavy atom. The monoisotopic (exact) mass is 386 g/mol. The van der Waals surface area contributed by atoms with E-state index in [0.717, 1.165) is 29.5 Å². The maximum Gasteiger partial charge on any atom is 0.261 e. The van der Waals surface area contributed by atoms with Crippen molar-refractivity contribution in [3.63, 3.8) is 0 Å². The lowest BCUT2D eigenvalue weighted by Crippen LogP contribution is -2.15. The van der Waals surface area contributed by atoms with E-state index < -0.39 is 23.1 Å². The normalized spacial score (nSPS) is 10.9. The summed E-state index contributed by atoms with van der Waals surface area (Å²) in [6.07, 6.45) is 0. The van der Waals surface area contributed by atoms with Crippen molar-refractivity contribution in [3.8, 4) is 17.0 Å². The molecular formula is C18H12F2N4O2S. The van der Waals surface area contributed by atoms with Crippen molar-refractivity contribution in [2.45, 2.75) is 0 Å². The van der Waals surface area contributed by atoms with Gasteiger partial charge in [0.2, 0.25) is 4.96 Å². The summed E-state index contributed by atoms with van der Waals surface area (Å²) < 4.78 is 33.8. The molecule has 0 saturated heterocycles. The number of ether oxygens (including phenoxy) is 1. The highest BCUT2D eigenvalue weighted by atomic mass is 32.1. The number of carbonyl (C=O) groups is 1. The van der Waals surface area contributed by atoms with Gasteiger partial charge in [-0.25, -0.2) is 13.3 Å². The Hall–Kier alpha value is -3.33. The largest absolute Gasteiger partial charge is 0.497 e. The smallest absolute Gasteiger partial charge is 0.261 e. The molecule has 1 N–H and O–H groups in total. The second-order valence-corrected chi connectivity index (χ2v) is 6.40. The average Bonchev–Trinajstić information content (AvgIpc) is 3.23. The fourth-order valence-corrected chi connectivity index (χ4v) is 3.39. The summed E-state index contributed by atoms with van der Waals surface area (Å²) in [4.78, 5) is 17.0. The van der Waals surface area contributed by atoms with Crippen molar-refractivity contribution >= 4 is 28.2 Å². The number of fused-ring (bicyclic) bond motifs is 1. The van der Waals surface area contributed by atoms with Crippen LogP contribution in [0.25, 0.3) is 16.2 Å². The van der Waals surface area contributed by atoms with E-state index in [1.165, 1.54) is 11.3 Å². The van der Waals surface area contributed by atoms with Crippen molar-refractivity contribution in [1.29, 1.82) is 0 Å². The summed E-state index contributed by atoms with van der Waals surface area (Å²) in [5.41, 5.74) is 1.21. The van der Waals surface area contributed by atoms with E-state index >= 15 is 0 Å². The van der Waals surface area contributed by atoms with Gasteiger partial charge in [-0.1, -0.05) is 12.1 Å². The van der Waals surface area contributed by atoms with Crippen molar-refractivity contribution in [1.82, 2.24) is 14.6 Å². The van der Waals surface area contributed by atoms with Crippen molar-refractivity contribution in [3.05, 3.63) is 65.0 Å². The molecule has 6 nitrogen and oxygen atoms in total. The van der Waals surface area contributed by atoms with Crippen LogP contribution in [0.1, 0.15) is 10.4 Å². The minimum atomic E-state index is -0.827. The average molecular weight is 386 g/mol. The van der Waals surface area contributed by atoms with Gasteiger partial charge in [-0.15, -0.1) is 16.4 Å². The second kappa shape index (κ2) is 6.76. The summed E-state index contributed by atoms with van der Waals surface area (Å²) in [6, 6.07) is 10.1. The second-order valence-electron chi connectivity index (χ2n) is 5.56. The van der Waals surface area contributed by atoms with Gasteiger partial charge in [0.15, 0.2) is 0 Å². The molecule has 2 aromatic carbocycles. The highest BCUT2D eigenvalue weighted by Gasteiger charge is 2.17. The highest BCUT2D eigenvalue weighted by molar-refractivity contribution is 7.15. The Bertz CT molecular complexity index is 1160. The molecule has 0 radical (unpaired) electrons. The molecule has 4 aromatic rings. The third-order valence-corrected chi connectivity index (χ3v) is 4.66. The van der Waals surface area contributed by atoms with Crippen LogP contribution in [-0.4, -0.2) is 27.6 Å². The number of hydrogen-bond donors (Lipinski definition) is 1. The SMILES string of the molecule is COc1cccc(-c2csc3nc(NC(=O)c4cc(F)ccc4F)nn23)c1. The topological polar surface area (TPSA) is 68.5 Å². The number of nitrogens with one attached hydrogen (secondary N) is 1. The fourth-order valence-electron chi connectivity index (χ4n) is 2.56. The van der Waals surface area contributed by atoms with Crippen LogP contribution in [0.15, 0.2) is 47.8 Å². The first-order valence-electron chi connectivity index (χ1n) is 7.80. The molecule has 0 aliphatic rings. The maximum absolute atomic E-state index is 13.7. The molecule has 0 aliphatic heterocycles. The zero-order valence-corrected chi connectivity index (χ0v) is 14.8. The molecule has 136 valence electrons. The summed E-state index contributed by atoms with van der Waals surface area (Å²) in [5.74, 6) is -1.66. The van der Waals surface area contributed by atoms with Crippen LogP contribution in [0, 0.1) is 11.6 Å². The molecule has 27 heavy (non-hydrogen) atoms. The molecule has 2 aromatic heterocycles. The maximum atomic E-state index is 13.7. The molecule has 2 heterocycles. The number of halogens is 2. The molecule has 0 bridgehead atoms. The quantitative estimate of drug-likeness (QED) is 0.576. The fraction of sp³-hybridized carbons (Fsp3) is 0.0556. The molecule has 0 spiro atoms. The van der Waals surface area contributed by atoms with E-state index in [0.29, 0.717) is 10.7 Å². The van der Waals surface area contributed by atoms with Gasteiger partial charge in [-0.2, -0.15) is 4.98 Å². The predicted octanol–water partition coefficient (Wildman–Crippen LogP) is 4.00. The number of rotatable bonds is 4. The number of hydrogen-bond acceptors (Lipinski definition) is 5. The number of thiazole rings is 1. The Morgan fingerprint density at radius 2 is 2.07 bits per heavy atom. The van der Waals surface area contributed by atoms with Crippen molar-refractivity contribution in [2.24, 2.45) is 0 Å². The molecule has 0 saturated carbocycles. The number of benzene rings is 2. The van der Waals surface area contributed by atoms with Gasteiger partial charge < -0.3 is 4.74 Å². The van der Waals surface area contributed by atoms with Crippen LogP contribution in [0.2, 0.25) is 0 Å². The van der Waals surface area contributed by atoms with Gasteiger partial charge in [0, 0.05) is 10.9 Å². The first-order chi connectivity index (χ1) is 13.0. The first-order valence-corrected chi connectivity index (χ1v) is 8.68. The molecule has 0 aliphatic carbocycles. The molecular weight excluding hydrogens is 374 g/mol. The van der Waals surface area contributed by atoms with Crippen LogP contribution in [-0.2, 0) is 0 Å². The van der Waals surface area contributed by atoms with Crippen molar-refractivity contribution < 1.29 is 18.3 Å². The van der Waals surface area contributed by atoms with Crippen molar-refractivity contribution in [2.75, 3.05) is 12.4 Å². The Balaban J connectivity index is 1.65. The molecule has 0 unspecified atom stereocenters. The minimum absolute atomic E-state index is 0.000317. The van der Waals surface area contributed by atoms with Crippen LogP contribution in [0.4, 0.5) is 14.7 Å². The number of carbonyl (C=O) groups excluding carboxylic acids is 1. The van der Waals surface area contributed by atoms with E-state index in [1.807, 2.05) is 29.6 Å². The third-order valence-electron chi connectivity index (χ3n) is 3.85. The zero-order chi connectivity index (χ0) is 19.0. The van der Waals surface area contributed by atoms with Crippen LogP contribution < -0.4 is 10.1 Å². The Kier molecular flexibility index (Phi) is 4.28. The summed E-state index contributed by atoms with van der Waals surface area (Å²) in [7, 11) is 1.58. The van der Waals surface area contributed by atoms with Gasteiger partial charge >= 0.3 is 0 Å². The standard InChI is InChI=1S/C18H12F2N4O2S/c1-26-12-4-2-3-10(7-12)15-9-27-18-22-17(23-24(15)18)21-16(25)13-8-11(19)5-6-14(13)20/h2-9H,1H3,(H,21,23,25). The lowest BCUT2D eigenvalue weighted by molar-refractivity contribution is 0.102. The molecule has 0 atom stereocenters. The molecule has 0 fully saturated rings. The lowest BCUT2D eigenvalue weighted by Gasteiger charge is -2.03. The van der Waals surface area contributed by atoms with Gasteiger partial charge in [-0.05, 0) is 30.3 Å². The van der Waals surface area contributed by atoms with Crippen LogP contribution >= 0.6 is 11.3 Å². The summed E-state index contributed by atoms with van der Waals surface area (Å²) in [6.45, 7) is 0. The van der Waals surface area contributed by atoms with E-state index in [4.69, 9.17) is 4.74 Å². The van der Waals surface area contributed by atoms with E-state index in [-0.39, 0.29) is 5.95 Å². The highest BCUT2D eigenvalue weighted by Crippen LogP contribution is 2.28. The first kappa shape index (κ1) is 17.1. The molecule has 9 heteroatoms. The van der Waals surface area contributed by atoms with Crippen LogP contribution in [0.3, 0.4) is 0 Å². The van der Waals surface area contributed by atoms with E-state index in [2.05, 4.69) is 15.4 Å². The lowest BCUT2D eigenvalue weighted by atomic mass is 10.2. The van der Waals surface area contributed by atoms with Gasteiger partial charge in [0.25, 0.3) is 11.9 Å². The predicted molar refractivity (Wildman–Crippen MR) is 97.2 cm³/mol. The number of anilines is 1. The molecule has 1 amide bonds. The van der Waals surface area contributed by atoms with Crippen LogP contribution in [0.5, 0.6) is 5.75 Å². The Morgan fingerprint density at radius 1 is 1.22 bits per heavy atom. The summed E-state index contributed by atoms with van der Waals surface area (Å²) >= 11 is 1.33. The van der Waals surface area contributed by atoms with E-state index in [1.54, 1.807) is 11.6 Å². The molecule has 4 rings (SSSR count). The summed E-state index contributed by atoms with van der Waals surface area (Å²) in [5, 5.41) is 8.52. The Labute approximate surface area is 156 Å². The van der Waals surface area contributed by atoms with Gasteiger partial charge in [-0.3, -0.25) is 10.1 Å². The number of amides is 1.